The maximum Gasteiger partial charge on any atom is 0.253 e. The first-order chi connectivity index (χ1) is 13.8. The molecule has 0 radical (unpaired) electrons. The average Bonchev–Trinajstić information content (AvgIpc) is 3.15. The first-order valence-electron chi connectivity index (χ1n) is 10.7. The van der Waals surface area contributed by atoms with Crippen LogP contribution in [0.2, 0.25) is 5.02 Å². The molecule has 4 rings (SSSR count). The molecule has 2 aromatic rings. The van der Waals surface area contributed by atoms with E-state index in [9.17, 15) is 9.18 Å². The smallest absolute Gasteiger partial charge is 0.253 e. The fourth-order valence-corrected chi connectivity index (χ4v) is 4.82. The quantitative estimate of drug-likeness (QED) is 0.604. The molecule has 1 aromatic heterocycles. The second-order valence-corrected chi connectivity index (χ2v) is 9.90. The van der Waals surface area contributed by atoms with E-state index in [1.54, 1.807) is 12.1 Å². The van der Waals surface area contributed by atoms with Gasteiger partial charge in [0.05, 0.1) is 11.3 Å². The van der Waals surface area contributed by atoms with Gasteiger partial charge in [0.15, 0.2) is 0 Å². The third-order valence-corrected chi connectivity index (χ3v) is 7.11. The molecule has 5 heteroatoms. The average molecular weight is 417 g/mol. The molecule has 3 nitrogen and oxygen atoms in total. The molecule has 0 saturated heterocycles. The number of benzene rings is 1. The van der Waals surface area contributed by atoms with E-state index in [2.05, 4.69) is 23.7 Å². The summed E-state index contributed by atoms with van der Waals surface area (Å²) in [6.07, 6.45) is 6.80. The van der Waals surface area contributed by atoms with Crippen LogP contribution in [0.4, 0.5) is 4.39 Å². The highest BCUT2D eigenvalue weighted by atomic mass is 35.5. The van der Waals surface area contributed by atoms with Gasteiger partial charge in [-0.1, -0.05) is 44.7 Å². The van der Waals surface area contributed by atoms with Gasteiger partial charge in [-0.15, -0.1) is 0 Å². The number of hydrogen-bond acceptors (Lipinski definition) is 1. The van der Waals surface area contributed by atoms with Gasteiger partial charge in [-0.25, -0.2) is 4.39 Å². The summed E-state index contributed by atoms with van der Waals surface area (Å²) < 4.78 is 16.8. The lowest BCUT2D eigenvalue weighted by Crippen LogP contribution is -2.36. The SMILES string of the molecule is Cc1c(C(=O)NC2CCCCC2)cc(-c2cc(Cl)ccc2F)n1C[C@H]1CC1(C)C. The fraction of sp³-hybridized carbons (Fsp3) is 0.542. The number of carbonyl (C=O) groups is 1. The van der Waals surface area contributed by atoms with Crippen LogP contribution in [0.5, 0.6) is 0 Å². The van der Waals surface area contributed by atoms with Gasteiger partial charge in [-0.3, -0.25) is 4.79 Å². The molecule has 1 N–H and O–H groups in total. The van der Waals surface area contributed by atoms with E-state index in [0.717, 1.165) is 37.2 Å². The minimum atomic E-state index is -0.317. The zero-order valence-corrected chi connectivity index (χ0v) is 18.3. The highest BCUT2D eigenvalue weighted by Crippen LogP contribution is 2.53. The van der Waals surface area contributed by atoms with E-state index in [1.807, 2.05) is 13.0 Å². The lowest BCUT2D eigenvalue weighted by Gasteiger charge is -2.22. The Bertz CT molecular complexity index is 927. The predicted octanol–water partition coefficient (Wildman–Crippen LogP) is 6.36. The maximum absolute atomic E-state index is 14.7. The van der Waals surface area contributed by atoms with Crippen molar-refractivity contribution in [2.24, 2.45) is 11.3 Å². The zero-order valence-electron chi connectivity index (χ0n) is 17.5. The van der Waals surface area contributed by atoms with Crippen molar-refractivity contribution >= 4 is 17.5 Å². The fourth-order valence-electron chi connectivity index (χ4n) is 4.65. The summed E-state index contributed by atoms with van der Waals surface area (Å²) >= 11 is 6.17. The van der Waals surface area contributed by atoms with Crippen LogP contribution in [-0.4, -0.2) is 16.5 Å². The van der Waals surface area contributed by atoms with Crippen molar-refractivity contribution in [3.8, 4) is 11.3 Å². The number of nitrogens with one attached hydrogen (secondary N) is 1. The molecule has 1 atom stereocenters. The third-order valence-electron chi connectivity index (χ3n) is 6.88. The minimum Gasteiger partial charge on any atom is -0.349 e. The number of carbonyl (C=O) groups excluding carboxylic acids is 1. The highest BCUT2D eigenvalue weighted by Gasteiger charge is 2.46. The van der Waals surface area contributed by atoms with Crippen molar-refractivity contribution in [2.75, 3.05) is 0 Å². The lowest BCUT2D eigenvalue weighted by molar-refractivity contribution is 0.0927. The first kappa shape index (κ1) is 20.5. The highest BCUT2D eigenvalue weighted by molar-refractivity contribution is 6.30. The second-order valence-electron chi connectivity index (χ2n) is 9.46. The maximum atomic E-state index is 14.7. The number of hydrogen-bond donors (Lipinski definition) is 1. The molecule has 0 bridgehead atoms. The Hall–Kier alpha value is -1.81. The van der Waals surface area contributed by atoms with Crippen LogP contribution in [0.15, 0.2) is 24.3 Å². The Kier molecular flexibility index (Phi) is 5.50. The van der Waals surface area contributed by atoms with Gasteiger partial charge >= 0.3 is 0 Å². The molecule has 2 aliphatic rings. The summed E-state index contributed by atoms with van der Waals surface area (Å²) in [7, 11) is 0. The molecule has 1 aromatic carbocycles. The van der Waals surface area contributed by atoms with Gasteiger partial charge in [0.2, 0.25) is 0 Å². The summed E-state index contributed by atoms with van der Waals surface area (Å²) in [6, 6.07) is 6.70. The topological polar surface area (TPSA) is 34.0 Å². The van der Waals surface area contributed by atoms with Crippen LogP contribution in [0.25, 0.3) is 11.3 Å². The van der Waals surface area contributed by atoms with Crippen LogP contribution in [0.3, 0.4) is 0 Å². The lowest BCUT2D eigenvalue weighted by atomic mass is 9.95. The predicted molar refractivity (Wildman–Crippen MR) is 116 cm³/mol. The molecule has 2 aliphatic carbocycles. The van der Waals surface area contributed by atoms with Crippen LogP contribution in [0.1, 0.15) is 68.4 Å². The summed E-state index contributed by atoms with van der Waals surface area (Å²) in [5.74, 6) is 0.165. The second kappa shape index (κ2) is 7.79. The molecule has 0 aliphatic heterocycles. The number of rotatable bonds is 5. The third kappa shape index (κ3) is 4.23. The van der Waals surface area contributed by atoms with Crippen LogP contribution < -0.4 is 5.32 Å². The normalized spacial score (nSPS) is 21.2. The van der Waals surface area contributed by atoms with Crippen molar-refractivity contribution in [3.05, 3.63) is 46.4 Å². The van der Waals surface area contributed by atoms with Crippen LogP contribution in [0, 0.1) is 24.1 Å². The molecule has 1 heterocycles. The van der Waals surface area contributed by atoms with Gasteiger partial charge in [0.25, 0.3) is 5.91 Å². The van der Waals surface area contributed by atoms with E-state index < -0.39 is 0 Å². The minimum absolute atomic E-state index is 0.0492. The number of halogens is 2. The van der Waals surface area contributed by atoms with Gasteiger partial charge in [0.1, 0.15) is 5.82 Å². The summed E-state index contributed by atoms with van der Waals surface area (Å²) in [5, 5.41) is 3.70. The standard InChI is InChI=1S/C24H30ClFN2O/c1-15-19(23(29)27-18-7-5-4-6-8-18)12-22(20-11-17(25)9-10-21(20)26)28(15)14-16-13-24(16,2)3/h9-12,16,18H,4-8,13-14H2,1-3H3,(H,27,29)/t16-/m1/s1. The number of nitrogens with zero attached hydrogens (tertiary/aromatic N) is 1. The molecule has 2 saturated carbocycles. The Morgan fingerprint density at radius 3 is 2.59 bits per heavy atom. The zero-order chi connectivity index (χ0) is 20.8. The molecule has 1 amide bonds. The van der Waals surface area contributed by atoms with Crippen molar-refractivity contribution < 1.29 is 9.18 Å². The van der Waals surface area contributed by atoms with Gasteiger partial charge < -0.3 is 9.88 Å². The van der Waals surface area contributed by atoms with Crippen LogP contribution >= 0.6 is 11.6 Å². The van der Waals surface area contributed by atoms with Crippen molar-refractivity contribution in [1.29, 1.82) is 0 Å². The monoisotopic (exact) mass is 416 g/mol. The van der Waals surface area contributed by atoms with E-state index in [0.29, 0.717) is 27.5 Å². The van der Waals surface area contributed by atoms with Crippen molar-refractivity contribution in [3.63, 3.8) is 0 Å². The molecular weight excluding hydrogens is 387 g/mol. The Labute approximate surface area is 177 Å². The molecule has 0 spiro atoms. The summed E-state index contributed by atoms with van der Waals surface area (Å²) in [6.45, 7) is 7.27. The van der Waals surface area contributed by atoms with E-state index in [-0.39, 0.29) is 17.8 Å². The summed E-state index contributed by atoms with van der Waals surface area (Å²) in [5.41, 5.74) is 3.03. The van der Waals surface area contributed by atoms with Gasteiger partial charge in [0, 0.05) is 28.9 Å². The van der Waals surface area contributed by atoms with Crippen molar-refractivity contribution in [1.82, 2.24) is 9.88 Å². The van der Waals surface area contributed by atoms with Crippen LogP contribution in [-0.2, 0) is 6.54 Å². The van der Waals surface area contributed by atoms with E-state index in [1.165, 1.54) is 25.3 Å². The van der Waals surface area contributed by atoms with Crippen molar-refractivity contribution in [2.45, 2.75) is 71.9 Å². The van der Waals surface area contributed by atoms with Gasteiger partial charge in [-0.05, 0) is 61.8 Å². The Morgan fingerprint density at radius 2 is 1.93 bits per heavy atom. The Morgan fingerprint density at radius 1 is 1.24 bits per heavy atom. The molecule has 156 valence electrons. The number of amides is 1. The molecular formula is C24H30ClFN2O. The van der Waals surface area contributed by atoms with E-state index >= 15 is 0 Å². The summed E-state index contributed by atoms with van der Waals surface area (Å²) in [4.78, 5) is 13.1. The molecule has 29 heavy (non-hydrogen) atoms. The largest absolute Gasteiger partial charge is 0.349 e. The first-order valence-corrected chi connectivity index (χ1v) is 11.1. The van der Waals surface area contributed by atoms with E-state index in [4.69, 9.17) is 11.6 Å². The Balaban J connectivity index is 1.70. The molecule has 0 unspecified atom stereocenters. The number of aromatic nitrogens is 1. The molecule has 2 fully saturated rings. The van der Waals surface area contributed by atoms with Gasteiger partial charge in [-0.2, -0.15) is 0 Å².